The maximum Gasteiger partial charge on any atom is 0.241 e. The van der Waals surface area contributed by atoms with Crippen molar-refractivity contribution in [3.8, 4) is 0 Å². The molecule has 0 unspecified atom stereocenters. The fourth-order valence-electron chi connectivity index (χ4n) is 0.905. The molecule has 0 atom stereocenters. The molecule has 0 N–H and O–H groups in total. The lowest BCUT2D eigenvalue weighted by Crippen LogP contribution is -2.34. The second-order valence-electron chi connectivity index (χ2n) is 2.03. The molecule has 0 saturated heterocycles. The second kappa shape index (κ2) is 0.368. The van der Waals surface area contributed by atoms with Crippen molar-refractivity contribution in [2.75, 3.05) is 0 Å². The summed E-state index contributed by atoms with van der Waals surface area (Å²) in [5.74, 6) is 3.58. The van der Waals surface area contributed by atoms with Crippen LogP contribution >= 0.6 is 0 Å². The second-order valence-corrected chi connectivity index (χ2v) is 2.03. The zero-order valence-corrected chi connectivity index (χ0v) is 3.12. The minimum absolute atomic E-state index is 1.42. The quantitative estimate of drug-likeness (QED) is 0.374. The van der Waals surface area contributed by atoms with Crippen LogP contribution < -0.4 is 0 Å². The Morgan fingerprint density at radius 3 is 1.00 bits per heavy atom. The predicted molar refractivity (Wildman–Crippen MR) is 20.3 cm³/mol. The molecule has 0 spiro atoms. The molecule has 2 bridgehead atoms. The van der Waals surface area contributed by atoms with Gasteiger partial charge < -0.3 is 0 Å². The minimum Gasteiger partial charge on any atom is 0.228 e. The molecule has 0 aromatic heterocycles. The standard InChI is InChI=1S/C5H6/c1-4-2-5(1)3-4/h1-3H2/q+2. The molecule has 0 heteroatoms. The summed E-state index contributed by atoms with van der Waals surface area (Å²) in [5, 5.41) is 0. The fraction of sp³-hybridized carbons (Fsp3) is 0.600. The van der Waals surface area contributed by atoms with E-state index < -0.39 is 0 Å². The minimum atomic E-state index is 1.42. The molecular weight excluding hydrogens is 60.1 g/mol. The normalized spacial score (nSPS) is 28.8. The summed E-state index contributed by atoms with van der Waals surface area (Å²) in [6.07, 6.45) is 4.25. The topological polar surface area (TPSA) is 0 Å². The van der Waals surface area contributed by atoms with Gasteiger partial charge in [0.1, 0.15) is 0 Å². The van der Waals surface area contributed by atoms with E-state index in [4.69, 9.17) is 0 Å². The molecule has 0 aromatic rings. The highest BCUT2D eigenvalue weighted by atomic mass is 14.5. The Balaban J connectivity index is 2.19. The van der Waals surface area contributed by atoms with Crippen molar-refractivity contribution in [2.45, 2.75) is 19.3 Å². The molecule has 3 aliphatic rings. The average Bonchev–Trinajstić information content (AvgIpc) is 0.592. The van der Waals surface area contributed by atoms with Crippen LogP contribution in [0.25, 0.3) is 0 Å². The Bertz CT molecular complexity index is 36.8. The summed E-state index contributed by atoms with van der Waals surface area (Å²) >= 11 is 0. The van der Waals surface area contributed by atoms with Crippen LogP contribution in [0.5, 0.6) is 0 Å². The van der Waals surface area contributed by atoms with Gasteiger partial charge in [0.25, 0.3) is 0 Å². The summed E-state index contributed by atoms with van der Waals surface area (Å²) in [6.45, 7) is 0. The van der Waals surface area contributed by atoms with E-state index in [0.29, 0.717) is 0 Å². The van der Waals surface area contributed by atoms with E-state index in [1.165, 1.54) is 19.3 Å². The van der Waals surface area contributed by atoms with E-state index in [9.17, 15) is 0 Å². The molecule has 0 aromatic carbocycles. The highest BCUT2D eigenvalue weighted by Gasteiger charge is 2.69. The summed E-state index contributed by atoms with van der Waals surface area (Å²) in [5.41, 5.74) is 0. The number of hydrogen-bond acceptors (Lipinski definition) is 0. The van der Waals surface area contributed by atoms with E-state index in [0.717, 1.165) is 0 Å². The monoisotopic (exact) mass is 66.0 g/mol. The molecule has 3 fully saturated rings. The number of rotatable bonds is 0. The summed E-state index contributed by atoms with van der Waals surface area (Å²) in [4.78, 5) is 0. The van der Waals surface area contributed by atoms with Gasteiger partial charge in [-0.2, -0.15) is 0 Å². The lowest BCUT2D eigenvalue weighted by molar-refractivity contribution is 0.397. The Kier molecular flexibility index (Phi) is 0.148. The largest absolute Gasteiger partial charge is 0.241 e. The van der Waals surface area contributed by atoms with Gasteiger partial charge in [0.15, 0.2) is 0 Å². The van der Waals surface area contributed by atoms with Crippen molar-refractivity contribution < 1.29 is 0 Å². The van der Waals surface area contributed by atoms with E-state index in [-0.39, 0.29) is 0 Å². The first-order valence-electron chi connectivity index (χ1n) is 2.12. The maximum atomic E-state index is 1.79. The van der Waals surface area contributed by atoms with Crippen LogP contribution in [0.3, 0.4) is 0 Å². The lowest BCUT2D eigenvalue weighted by atomic mass is 9.56. The molecule has 0 aliphatic heterocycles. The molecule has 3 rings (SSSR count). The molecule has 0 amide bonds. The smallest absolute Gasteiger partial charge is 0.228 e. The van der Waals surface area contributed by atoms with E-state index in [2.05, 4.69) is 0 Å². The van der Waals surface area contributed by atoms with Gasteiger partial charge in [0, 0.05) is 0 Å². The highest BCUT2D eigenvalue weighted by molar-refractivity contribution is 5.35. The SMILES string of the molecule is C1[C+]2C[C+]1C2. The van der Waals surface area contributed by atoms with Gasteiger partial charge in [-0.3, -0.25) is 0 Å². The van der Waals surface area contributed by atoms with E-state index in [1.807, 2.05) is 0 Å². The van der Waals surface area contributed by atoms with Crippen molar-refractivity contribution in [3.63, 3.8) is 0 Å². The van der Waals surface area contributed by atoms with E-state index in [1.54, 1.807) is 11.8 Å². The van der Waals surface area contributed by atoms with Crippen molar-refractivity contribution in [1.29, 1.82) is 0 Å². The van der Waals surface area contributed by atoms with Gasteiger partial charge in [0.2, 0.25) is 31.1 Å². The molecule has 0 nitrogen and oxygen atoms in total. The maximum absolute atomic E-state index is 1.79. The molecule has 3 saturated carbocycles. The van der Waals surface area contributed by atoms with Crippen LogP contribution in [0.2, 0.25) is 0 Å². The Morgan fingerprint density at radius 2 is 1.00 bits per heavy atom. The first-order valence-corrected chi connectivity index (χ1v) is 2.12. The third-order valence-electron chi connectivity index (χ3n) is 1.50. The molecule has 5 heavy (non-hydrogen) atoms. The van der Waals surface area contributed by atoms with Gasteiger partial charge in [-0.15, -0.1) is 0 Å². The van der Waals surface area contributed by atoms with Crippen molar-refractivity contribution in [3.05, 3.63) is 11.8 Å². The first-order chi connectivity index (χ1) is 2.45. The molecule has 3 aliphatic carbocycles. The summed E-state index contributed by atoms with van der Waals surface area (Å²) in [7, 11) is 0. The first kappa shape index (κ1) is 2.01. The average molecular weight is 66.1 g/mol. The van der Waals surface area contributed by atoms with Gasteiger partial charge in [-0.1, -0.05) is 0 Å². The van der Waals surface area contributed by atoms with Crippen molar-refractivity contribution >= 4 is 0 Å². The molecule has 0 radical (unpaired) electrons. The van der Waals surface area contributed by atoms with Gasteiger partial charge >= 0.3 is 0 Å². The van der Waals surface area contributed by atoms with Gasteiger partial charge in [-0.25, -0.2) is 0 Å². The van der Waals surface area contributed by atoms with Gasteiger partial charge in [0.05, 0.1) is 0 Å². The third kappa shape index (κ3) is 0.0822. The highest BCUT2D eigenvalue weighted by Crippen LogP contribution is 2.56. The van der Waals surface area contributed by atoms with Crippen LogP contribution in [-0.4, -0.2) is 0 Å². The molecular formula is C5H6+2. The van der Waals surface area contributed by atoms with E-state index >= 15 is 0 Å². The van der Waals surface area contributed by atoms with Crippen LogP contribution in [-0.2, 0) is 0 Å². The van der Waals surface area contributed by atoms with Crippen LogP contribution in [0.15, 0.2) is 0 Å². The third-order valence-corrected chi connectivity index (χ3v) is 1.50. The van der Waals surface area contributed by atoms with Crippen LogP contribution in [0.4, 0.5) is 0 Å². The zero-order chi connectivity index (χ0) is 3.28. The number of hydrogen-bond donors (Lipinski definition) is 0. The predicted octanol–water partition coefficient (Wildman–Crippen LogP) is 1.33. The summed E-state index contributed by atoms with van der Waals surface area (Å²) < 4.78 is 0. The van der Waals surface area contributed by atoms with Crippen LogP contribution in [0.1, 0.15) is 19.3 Å². The molecule has 24 valence electrons. The Labute approximate surface area is 32.2 Å². The summed E-state index contributed by atoms with van der Waals surface area (Å²) in [6, 6.07) is 0. The fourth-order valence-corrected chi connectivity index (χ4v) is 0.905. The molecule has 0 heterocycles. The van der Waals surface area contributed by atoms with Gasteiger partial charge in [-0.05, 0) is 0 Å². The Morgan fingerprint density at radius 1 is 0.800 bits per heavy atom. The van der Waals surface area contributed by atoms with Crippen LogP contribution in [0, 0.1) is 11.8 Å². The Hall–Kier alpha value is -0.260. The lowest BCUT2D eigenvalue weighted by Gasteiger charge is -2.21. The van der Waals surface area contributed by atoms with Crippen molar-refractivity contribution in [2.24, 2.45) is 0 Å². The van der Waals surface area contributed by atoms with Crippen molar-refractivity contribution in [1.82, 2.24) is 0 Å². The zero-order valence-electron chi connectivity index (χ0n) is 3.12.